The Labute approximate surface area is 122 Å². The van der Waals surface area contributed by atoms with Crippen LogP contribution in [0.25, 0.3) is 0 Å². The molecule has 18 heavy (non-hydrogen) atoms. The van der Waals surface area contributed by atoms with E-state index in [1.54, 1.807) is 0 Å². The normalized spacial score (nSPS) is 29.9. The minimum atomic E-state index is 0.279. The molecule has 98 valence electrons. The number of hydrogen-bond acceptors (Lipinski definition) is 2. The Morgan fingerprint density at radius 1 is 1.11 bits per heavy atom. The van der Waals surface area contributed by atoms with E-state index in [4.69, 9.17) is 10.5 Å². The number of halogens is 1. The standard InChI is InChI=1S/C15H20INO/c16-11-4-6-12(7-5-11)18-14-10-13(17)15(14)8-2-1-3-9-15/h4-7,13-14H,1-3,8-10,17H2. The lowest BCUT2D eigenvalue weighted by molar-refractivity contribution is -0.0898. The van der Waals surface area contributed by atoms with E-state index in [-0.39, 0.29) is 5.41 Å². The Kier molecular flexibility index (Phi) is 3.54. The largest absolute Gasteiger partial charge is 0.490 e. The third-order valence-corrected chi connectivity index (χ3v) is 5.44. The molecule has 0 radical (unpaired) electrons. The van der Waals surface area contributed by atoms with Crippen LogP contribution in [0.2, 0.25) is 0 Å². The van der Waals surface area contributed by atoms with Crippen molar-refractivity contribution in [1.82, 2.24) is 0 Å². The van der Waals surface area contributed by atoms with Crippen LogP contribution in [0.3, 0.4) is 0 Å². The molecule has 2 saturated carbocycles. The number of ether oxygens (including phenoxy) is 1. The smallest absolute Gasteiger partial charge is 0.119 e. The molecule has 2 unspecified atom stereocenters. The van der Waals surface area contributed by atoms with E-state index in [0.29, 0.717) is 12.1 Å². The van der Waals surface area contributed by atoms with Crippen LogP contribution in [0.15, 0.2) is 24.3 Å². The summed E-state index contributed by atoms with van der Waals surface area (Å²) in [4.78, 5) is 0. The quantitative estimate of drug-likeness (QED) is 0.819. The fourth-order valence-corrected chi connectivity index (χ4v) is 3.88. The molecule has 2 N–H and O–H groups in total. The molecule has 0 amide bonds. The van der Waals surface area contributed by atoms with Gasteiger partial charge < -0.3 is 10.5 Å². The van der Waals surface area contributed by atoms with Crippen LogP contribution >= 0.6 is 22.6 Å². The topological polar surface area (TPSA) is 35.2 Å². The highest BCUT2D eigenvalue weighted by Gasteiger charge is 2.54. The van der Waals surface area contributed by atoms with Gasteiger partial charge in [-0.1, -0.05) is 19.3 Å². The lowest BCUT2D eigenvalue weighted by atomic mass is 9.55. The minimum Gasteiger partial charge on any atom is -0.490 e. The van der Waals surface area contributed by atoms with Gasteiger partial charge in [0, 0.05) is 21.4 Å². The fourth-order valence-electron chi connectivity index (χ4n) is 3.52. The molecule has 1 aromatic carbocycles. The van der Waals surface area contributed by atoms with Gasteiger partial charge >= 0.3 is 0 Å². The van der Waals surface area contributed by atoms with Crippen molar-refractivity contribution in [3.8, 4) is 5.75 Å². The number of hydrogen-bond donors (Lipinski definition) is 1. The molecule has 0 aromatic heterocycles. The molecule has 0 bridgehead atoms. The van der Waals surface area contributed by atoms with E-state index in [9.17, 15) is 0 Å². The summed E-state index contributed by atoms with van der Waals surface area (Å²) in [5.74, 6) is 0.997. The molecule has 0 aliphatic heterocycles. The molecular formula is C15H20INO. The van der Waals surface area contributed by atoms with E-state index >= 15 is 0 Å². The SMILES string of the molecule is NC1CC(Oc2ccc(I)cc2)C12CCCCC2. The first kappa shape index (κ1) is 12.7. The monoisotopic (exact) mass is 357 g/mol. The summed E-state index contributed by atoms with van der Waals surface area (Å²) < 4.78 is 7.43. The second-order valence-electron chi connectivity index (χ2n) is 5.70. The van der Waals surface area contributed by atoms with Gasteiger partial charge in [-0.3, -0.25) is 0 Å². The van der Waals surface area contributed by atoms with Crippen molar-refractivity contribution in [2.75, 3.05) is 0 Å². The molecule has 1 aromatic rings. The van der Waals surface area contributed by atoms with E-state index < -0.39 is 0 Å². The second kappa shape index (κ2) is 5.00. The van der Waals surface area contributed by atoms with E-state index in [1.807, 2.05) is 0 Å². The first-order chi connectivity index (χ1) is 8.71. The molecule has 2 aliphatic carbocycles. The van der Waals surface area contributed by atoms with Crippen molar-refractivity contribution < 1.29 is 4.74 Å². The number of benzene rings is 1. The van der Waals surface area contributed by atoms with E-state index in [0.717, 1.165) is 12.2 Å². The Bertz CT molecular complexity index is 411. The van der Waals surface area contributed by atoms with E-state index in [2.05, 4.69) is 46.9 Å². The Morgan fingerprint density at radius 3 is 2.39 bits per heavy atom. The molecule has 0 saturated heterocycles. The fraction of sp³-hybridized carbons (Fsp3) is 0.600. The highest BCUT2D eigenvalue weighted by atomic mass is 127. The van der Waals surface area contributed by atoms with Crippen molar-refractivity contribution in [2.45, 2.75) is 50.7 Å². The minimum absolute atomic E-state index is 0.279. The first-order valence-electron chi connectivity index (χ1n) is 6.88. The van der Waals surface area contributed by atoms with Crippen LogP contribution in [0, 0.1) is 8.99 Å². The maximum Gasteiger partial charge on any atom is 0.119 e. The first-order valence-corrected chi connectivity index (χ1v) is 7.96. The Morgan fingerprint density at radius 2 is 1.78 bits per heavy atom. The van der Waals surface area contributed by atoms with Gasteiger partial charge in [0.1, 0.15) is 11.9 Å². The molecule has 3 rings (SSSR count). The third-order valence-electron chi connectivity index (χ3n) is 4.72. The van der Waals surface area contributed by atoms with Crippen LogP contribution in [-0.2, 0) is 0 Å². The summed E-state index contributed by atoms with van der Waals surface area (Å²) in [7, 11) is 0. The third kappa shape index (κ3) is 2.16. The number of nitrogens with two attached hydrogens (primary N) is 1. The lowest BCUT2D eigenvalue weighted by Crippen LogP contribution is -2.64. The van der Waals surface area contributed by atoms with Crippen LogP contribution in [-0.4, -0.2) is 12.1 Å². The van der Waals surface area contributed by atoms with Gasteiger partial charge in [0.15, 0.2) is 0 Å². The zero-order valence-corrected chi connectivity index (χ0v) is 12.7. The predicted octanol–water partition coefficient (Wildman–Crippen LogP) is 3.72. The second-order valence-corrected chi connectivity index (χ2v) is 6.94. The molecule has 1 spiro atoms. The molecule has 2 atom stereocenters. The number of rotatable bonds is 2. The van der Waals surface area contributed by atoms with Crippen molar-refractivity contribution in [3.05, 3.63) is 27.8 Å². The van der Waals surface area contributed by atoms with Crippen molar-refractivity contribution in [2.24, 2.45) is 11.1 Å². The maximum absolute atomic E-state index is 6.28. The summed E-state index contributed by atoms with van der Waals surface area (Å²) >= 11 is 2.32. The molecule has 0 heterocycles. The van der Waals surface area contributed by atoms with Gasteiger partial charge in [-0.2, -0.15) is 0 Å². The van der Waals surface area contributed by atoms with Gasteiger partial charge in [-0.25, -0.2) is 0 Å². The summed E-state index contributed by atoms with van der Waals surface area (Å²) in [6.07, 6.45) is 7.87. The van der Waals surface area contributed by atoms with Gasteiger partial charge in [0.2, 0.25) is 0 Å². The van der Waals surface area contributed by atoms with E-state index in [1.165, 1.54) is 35.7 Å². The van der Waals surface area contributed by atoms with Gasteiger partial charge in [0.05, 0.1) is 0 Å². The van der Waals surface area contributed by atoms with Crippen LogP contribution in [0.4, 0.5) is 0 Å². The lowest BCUT2D eigenvalue weighted by Gasteiger charge is -2.56. The summed E-state index contributed by atoms with van der Waals surface area (Å²) in [6.45, 7) is 0. The highest BCUT2D eigenvalue weighted by molar-refractivity contribution is 14.1. The predicted molar refractivity (Wildman–Crippen MR) is 81.7 cm³/mol. The Hall–Kier alpha value is -0.290. The Balaban J connectivity index is 1.71. The van der Waals surface area contributed by atoms with Crippen molar-refractivity contribution in [1.29, 1.82) is 0 Å². The van der Waals surface area contributed by atoms with Crippen LogP contribution in [0.1, 0.15) is 38.5 Å². The highest BCUT2D eigenvalue weighted by Crippen LogP contribution is 2.52. The van der Waals surface area contributed by atoms with Crippen LogP contribution in [0.5, 0.6) is 5.75 Å². The zero-order valence-electron chi connectivity index (χ0n) is 10.6. The molecule has 2 aliphatic rings. The molecule has 3 heteroatoms. The van der Waals surface area contributed by atoms with Gasteiger partial charge in [0.25, 0.3) is 0 Å². The van der Waals surface area contributed by atoms with Crippen molar-refractivity contribution >= 4 is 22.6 Å². The molecular weight excluding hydrogens is 337 g/mol. The molecule has 2 nitrogen and oxygen atoms in total. The van der Waals surface area contributed by atoms with Crippen molar-refractivity contribution in [3.63, 3.8) is 0 Å². The van der Waals surface area contributed by atoms with Crippen LogP contribution < -0.4 is 10.5 Å². The average molecular weight is 357 g/mol. The zero-order chi connectivity index (χ0) is 12.6. The summed E-state index contributed by atoms with van der Waals surface area (Å²) in [5, 5.41) is 0. The average Bonchev–Trinajstić information content (AvgIpc) is 2.42. The summed E-state index contributed by atoms with van der Waals surface area (Å²) in [5.41, 5.74) is 6.55. The summed E-state index contributed by atoms with van der Waals surface area (Å²) in [6, 6.07) is 8.69. The van der Waals surface area contributed by atoms with Gasteiger partial charge in [-0.15, -0.1) is 0 Å². The molecule has 2 fully saturated rings. The van der Waals surface area contributed by atoms with Gasteiger partial charge in [-0.05, 0) is 59.7 Å². The maximum atomic E-state index is 6.28.